The molecule has 84 valence electrons. The molecule has 5 heteroatoms. The summed E-state index contributed by atoms with van der Waals surface area (Å²) < 4.78 is 5.87. The lowest BCUT2D eigenvalue weighted by molar-refractivity contribution is 0.0521. The van der Waals surface area contributed by atoms with Crippen LogP contribution in [0.2, 0.25) is 0 Å². The standard InChI is InChI=1S/C11H11BrN2O2/c1-3-16-11(15)10-8-5-7(12)4-6(2)9(8)13-14-10/h4-5H,3H2,1-2H3,(H,13,14). The molecule has 0 fully saturated rings. The molecule has 0 spiro atoms. The Kier molecular flexibility index (Phi) is 2.96. The molecule has 0 saturated heterocycles. The van der Waals surface area contributed by atoms with E-state index in [9.17, 15) is 4.79 Å². The van der Waals surface area contributed by atoms with Crippen molar-refractivity contribution < 1.29 is 9.53 Å². The van der Waals surface area contributed by atoms with E-state index in [0.29, 0.717) is 12.3 Å². The number of hydrogen-bond acceptors (Lipinski definition) is 3. The number of benzene rings is 1. The van der Waals surface area contributed by atoms with Crippen LogP contribution in [0.1, 0.15) is 23.0 Å². The lowest BCUT2D eigenvalue weighted by atomic mass is 10.1. The first-order valence-electron chi connectivity index (χ1n) is 4.94. The first kappa shape index (κ1) is 11.1. The minimum absolute atomic E-state index is 0.354. The fourth-order valence-electron chi connectivity index (χ4n) is 1.61. The van der Waals surface area contributed by atoms with E-state index in [1.165, 1.54) is 0 Å². The number of aryl methyl sites for hydroxylation is 1. The van der Waals surface area contributed by atoms with E-state index in [1.54, 1.807) is 6.92 Å². The highest BCUT2D eigenvalue weighted by Gasteiger charge is 2.15. The normalized spacial score (nSPS) is 10.7. The molecule has 1 aromatic heterocycles. The van der Waals surface area contributed by atoms with Gasteiger partial charge in [-0.1, -0.05) is 15.9 Å². The summed E-state index contributed by atoms with van der Waals surface area (Å²) in [6, 6.07) is 3.82. The third-order valence-corrected chi connectivity index (χ3v) is 2.75. The van der Waals surface area contributed by atoms with Crippen molar-refractivity contribution in [2.45, 2.75) is 13.8 Å². The zero-order chi connectivity index (χ0) is 11.7. The number of nitrogens with one attached hydrogen (secondary N) is 1. The predicted molar refractivity (Wildman–Crippen MR) is 64.5 cm³/mol. The van der Waals surface area contributed by atoms with E-state index >= 15 is 0 Å². The van der Waals surface area contributed by atoms with Crippen molar-refractivity contribution in [1.29, 1.82) is 0 Å². The molecule has 0 amide bonds. The molecule has 2 aromatic rings. The summed E-state index contributed by atoms with van der Waals surface area (Å²) >= 11 is 3.40. The number of nitrogens with zero attached hydrogens (tertiary/aromatic N) is 1. The number of aromatic amines is 1. The van der Waals surface area contributed by atoms with Gasteiger partial charge in [-0.2, -0.15) is 5.10 Å². The molecule has 0 aliphatic rings. The Balaban J connectivity index is 2.60. The zero-order valence-electron chi connectivity index (χ0n) is 9.00. The molecule has 16 heavy (non-hydrogen) atoms. The molecule has 1 heterocycles. The maximum absolute atomic E-state index is 11.6. The molecule has 1 N–H and O–H groups in total. The molecule has 0 aliphatic heterocycles. The summed E-state index contributed by atoms with van der Waals surface area (Å²) in [7, 11) is 0. The second kappa shape index (κ2) is 4.25. The van der Waals surface area contributed by atoms with Crippen molar-refractivity contribution in [3.63, 3.8) is 0 Å². The third-order valence-electron chi connectivity index (χ3n) is 2.29. The highest BCUT2D eigenvalue weighted by atomic mass is 79.9. The first-order chi connectivity index (χ1) is 7.63. The third kappa shape index (κ3) is 1.82. The maximum Gasteiger partial charge on any atom is 0.356 e. The van der Waals surface area contributed by atoms with Crippen LogP contribution in [0.25, 0.3) is 10.9 Å². The predicted octanol–water partition coefficient (Wildman–Crippen LogP) is 2.81. The minimum Gasteiger partial charge on any atom is -0.461 e. The van der Waals surface area contributed by atoms with Gasteiger partial charge < -0.3 is 4.74 Å². The van der Waals surface area contributed by atoms with Crippen molar-refractivity contribution >= 4 is 32.8 Å². The van der Waals surface area contributed by atoms with Gasteiger partial charge >= 0.3 is 5.97 Å². The fraction of sp³-hybridized carbons (Fsp3) is 0.273. The van der Waals surface area contributed by atoms with Crippen molar-refractivity contribution in [3.05, 3.63) is 27.9 Å². The zero-order valence-corrected chi connectivity index (χ0v) is 10.6. The number of carbonyl (C=O) groups excluding carboxylic acids is 1. The van der Waals surface area contributed by atoms with Gasteiger partial charge in [0.2, 0.25) is 0 Å². The summed E-state index contributed by atoms with van der Waals surface area (Å²) in [5, 5.41) is 7.62. The molecular weight excluding hydrogens is 272 g/mol. The number of fused-ring (bicyclic) bond motifs is 1. The number of hydrogen-bond donors (Lipinski definition) is 1. The molecule has 1 aromatic carbocycles. The van der Waals surface area contributed by atoms with Crippen LogP contribution in [0, 0.1) is 6.92 Å². The molecule has 0 bridgehead atoms. The Morgan fingerprint density at radius 1 is 1.56 bits per heavy atom. The average Bonchev–Trinajstić information content (AvgIpc) is 2.61. The summed E-state index contributed by atoms with van der Waals surface area (Å²) in [5.74, 6) is -0.373. The quantitative estimate of drug-likeness (QED) is 0.862. The van der Waals surface area contributed by atoms with E-state index in [2.05, 4.69) is 26.1 Å². The number of esters is 1. The Labute approximate surface area is 101 Å². The molecule has 0 aliphatic carbocycles. The molecular formula is C11H11BrN2O2. The Morgan fingerprint density at radius 3 is 3.00 bits per heavy atom. The van der Waals surface area contributed by atoms with Crippen LogP contribution in [-0.4, -0.2) is 22.8 Å². The van der Waals surface area contributed by atoms with Gasteiger partial charge in [-0.05, 0) is 31.5 Å². The Bertz CT molecular complexity index is 548. The van der Waals surface area contributed by atoms with Crippen LogP contribution in [0.5, 0.6) is 0 Å². The SMILES string of the molecule is CCOC(=O)c1[nH]nc2c(C)cc(Br)cc12. The molecule has 2 rings (SSSR count). The molecule has 0 unspecified atom stereocenters. The maximum atomic E-state index is 11.6. The van der Waals surface area contributed by atoms with E-state index in [-0.39, 0.29) is 5.97 Å². The lowest BCUT2D eigenvalue weighted by Gasteiger charge is -2.00. The van der Waals surface area contributed by atoms with E-state index < -0.39 is 0 Å². The largest absolute Gasteiger partial charge is 0.461 e. The van der Waals surface area contributed by atoms with Gasteiger partial charge in [0.15, 0.2) is 5.69 Å². The van der Waals surface area contributed by atoms with Crippen molar-refractivity contribution in [1.82, 2.24) is 10.2 Å². The smallest absolute Gasteiger partial charge is 0.356 e. The van der Waals surface area contributed by atoms with Crippen molar-refractivity contribution in [2.75, 3.05) is 6.61 Å². The van der Waals surface area contributed by atoms with Crippen LogP contribution < -0.4 is 0 Å². The second-order valence-corrected chi connectivity index (χ2v) is 4.35. The van der Waals surface area contributed by atoms with E-state index in [0.717, 1.165) is 20.9 Å². The first-order valence-corrected chi connectivity index (χ1v) is 5.74. The lowest BCUT2D eigenvalue weighted by Crippen LogP contribution is -2.05. The number of aromatic nitrogens is 2. The van der Waals surface area contributed by atoms with Crippen LogP contribution in [0.3, 0.4) is 0 Å². The monoisotopic (exact) mass is 282 g/mol. The average molecular weight is 283 g/mol. The molecule has 0 atom stereocenters. The fourth-order valence-corrected chi connectivity index (χ4v) is 2.18. The number of ether oxygens (including phenoxy) is 1. The van der Waals surface area contributed by atoms with Crippen molar-refractivity contribution in [2.24, 2.45) is 0 Å². The van der Waals surface area contributed by atoms with Gasteiger partial charge in [0.1, 0.15) is 0 Å². The van der Waals surface area contributed by atoms with Crippen molar-refractivity contribution in [3.8, 4) is 0 Å². The second-order valence-electron chi connectivity index (χ2n) is 3.44. The summed E-state index contributed by atoms with van der Waals surface area (Å²) in [6.07, 6.45) is 0. The highest BCUT2D eigenvalue weighted by molar-refractivity contribution is 9.10. The van der Waals surface area contributed by atoms with Gasteiger partial charge in [0.25, 0.3) is 0 Å². The molecule has 0 radical (unpaired) electrons. The minimum atomic E-state index is -0.373. The Morgan fingerprint density at radius 2 is 2.31 bits per heavy atom. The van der Waals surface area contributed by atoms with E-state index in [1.807, 2.05) is 19.1 Å². The molecule has 4 nitrogen and oxygen atoms in total. The number of halogens is 1. The number of rotatable bonds is 2. The van der Waals surface area contributed by atoms with Gasteiger partial charge in [-0.3, -0.25) is 5.10 Å². The van der Waals surface area contributed by atoms with Gasteiger partial charge in [0, 0.05) is 9.86 Å². The summed E-state index contributed by atoms with van der Waals surface area (Å²) in [4.78, 5) is 11.6. The van der Waals surface area contributed by atoms with Crippen LogP contribution >= 0.6 is 15.9 Å². The topological polar surface area (TPSA) is 55.0 Å². The highest BCUT2D eigenvalue weighted by Crippen LogP contribution is 2.25. The van der Waals surface area contributed by atoms with Gasteiger partial charge in [0.05, 0.1) is 12.1 Å². The van der Waals surface area contributed by atoms with Crippen LogP contribution in [0.4, 0.5) is 0 Å². The van der Waals surface area contributed by atoms with E-state index in [4.69, 9.17) is 4.74 Å². The summed E-state index contributed by atoms with van der Waals surface area (Å²) in [6.45, 7) is 4.08. The van der Waals surface area contributed by atoms with Gasteiger partial charge in [-0.15, -0.1) is 0 Å². The van der Waals surface area contributed by atoms with Crippen LogP contribution in [0.15, 0.2) is 16.6 Å². The number of carbonyl (C=O) groups is 1. The Hall–Kier alpha value is -1.36. The molecule has 0 saturated carbocycles. The summed E-state index contributed by atoms with van der Waals surface area (Å²) in [5.41, 5.74) is 2.21. The van der Waals surface area contributed by atoms with Gasteiger partial charge in [-0.25, -0.2) is 4.79 Å². The van der Waals surface area contributed by atoms with Crippen LogP contribution in [-0.2, 0) is 4.74 Å². The number of H-pyrrole nitrogens is 1.